The van der Waals surface area contributed by atoms with E-state index < -0.39 is 5.54 Å². The fourth-order valence-corrected chi connectivity index (χ4v) is 4.29. The molecule has 0 saturated carbocycles. The van der Waals surface area contributed by atoms with Crippen molar-refractivity contribution in [1.82, 2.24) is 0 Å². The van der Waals surface area contributed by atoms with Gasteiger partial charge in [0.15, 0.2) is 6.61 Å². The Labute approximate surface area is 182 Å². The number of carbonyl (C=O) groups excluding carboxylic acids is 2. The number of nitrogens with one attached hydrogen (secondary N) is 1. The van der Waals surface area contributed by atoms with Gasteiger partial charge in [0.1, 0.15) is 5.75 Å². The van der Waals surface area contributed by atoms with Crippen molar-refractivity contribution in [2.24, 2.45) is 0 Å². The summed E-state index contributed by atoms with van der Waals surface area (Å²) in [5.74, 6) is 0.429. The van der Waals surface area contributed by atoms with Gasteiger partial charge in [-0.1, -0.05) is 48.5 Å². The molecule has 1 heterocycles. The van der Waals surface area contributed by atoms with Gasteiger partial charge >= 0.3 is 0 Å². The highest BCUT2D eigenvalue weighted by Crippen LogP contribution is 2.43. The Kier molecular flexibility index (Phi) is 5.76. The van der Waals surface area contributed by atoms with Crippen molar-refractivity contribution in [2.45, 2.75) is 32.2 Å². The van der Waals surface area contributed by atoms with Crippen molar-refractivity contribution >= 4 is 23.2 Å². The predicted molar refractivity (Wildman–Crippen MR) is 122 cm³/mol. The van der Waals surface area contributed by atoms with E-state index in [4.69, 9.17) is 4.74 Å². The molecule has 3 aromatic carbocycles. The second-order valence-electron chi connectivity index (χ2n) is 7.99. The topological polar surface area (TPSA) is 58.6 Å². The van der Waals surface area contributed by atoms with Gasteiger partial charge in [0, 0.05) is 18.3 Å². The van der Waals surface area contributed by atoms with Gasteiger partial charge in [-0.15, -0.1) is 0 Å². The van der Waals surface area contributed by atoms with Gasteiger partial charge in [0.05, 0.1) is 5.54 Å². The summed E-state index contributed by atoms with van der Waals surface area (Å²) < 4.78 is 5.51. The van der Waals surface area contributed by atoms with Crippen LogP contribution >= 0.6 is 0 Å². The first-order valence-corrected chi connectivity index (χ1v) is 10.4. The highest BCUT2D eigenvalue weighted by molar-refractivity contribution is 5.96. The highest BCUT2D eigenvalue weighted by Gasteiger charge is 2.40. The molecule has 5 nitrogen and oxygen atoms in total. The van der Waals surface area contributed by atoms with Crippen LogP contribution in [0.3, 0.4) is 0 Å². The molecule has 0 saturated heterocycles. The third-order valence-corrected chi connectivity index (χ3v) is 5.80. The summed E-state index contributed by atoms with van der Waals surface area (Å²) in [5.41, 5.74) is 3.35. The number of ether oxygens (including phenoxy) is 1. The minimum Gasteiger partial charge on any atom is -0.484 e. The second-order valence-corrected chi connectivity index (χ2v) is 7.99. The first-order valence-electron chi connectivity index (χ1n) is 10.4. The van der Waals surface area contributed by atoms with Gasteiger partial charge in [-0.2, -0.15) is 0 Å². The Bertz CT molecular complexity index is 1080. The zero-order chi connectivity index (χ0) is 21.8. The number of hydrogen-bond donors (Lipinski definition) is 1. The zero-order valence-corrected chi connectivity index (χ0v) is 17.8. The SMILES string of the molecule is CC(=O)N1c2ccc(NC(=O)COc3ccccc3)cc2CCC1(C)c1ccccc1. The zero-order valence-electron chi connectivity index (χ0n) is 17.8. The first kappa shape index (κ1) is 20.7. The van der Waals surface area contributed by atoms with Gasteiger partial charge in [0.2, 0.25) is 5.91 Å². The largest absolute Gasteiger partial charge is 0.484 e. The number of benzene rings is 3. The average molecular weight is 415 g/mol. The predicted octanol–water partition coefficient (Wildman–Crippen LogP) is 4.92. The van der Waals surface area contributed by atoms with E-state index in [-0.39, 0.29) is 18.4 Å². The molecule has 158 valence electrons. The van der Waals surface area contributed by atoms with Crippen molar-refractivity contribution in [1.29, 1.82) is 0 Å². The summed E-state index contributed by atoms with van der Waals surface area (Å²) in [6.45, 7) is 3.66. The summed E-state index contributed by atoms with van der Waals surface area (Å²) >= 11 is 0. The van der Waals surface area contributed by atoms with Crippen LogP contribution in [0.2, 0.25) is 0 Å². The number of aryl methyl sites for hydroxylation is 1. The molecule has 0 fully saturated rings. The van der Waals surface area contributed by atoms with Crippen LogP contribution in [0.15, 0.2) is 78.9 Å². The summed E-state index contributed by atoms with van der Waals surface area (Å²) in [6.07, 6.45) is 1.62. The quantitative estimate of drug-likeness (QED) is 0.645. The van der Waals surface area contributed by atoms with Gasteiger partial charge in [-0.3, -0.25) is 9.59 Å². The van der Waals surface area contributed by atoms with E-state index in [9.17, 15) is 9.59 Å². The molecule has 1 atom stereocenters. The van der Waals surface area contributed by atoms with Crippen LogP contribution in [0.4, 0.5) is 11.4 Å². The molecular formula is C26H26N2O3. The lowest BCUT2D eigenvalue weighted by molar-refractivity contribution is -0.118. The summed E-state index contributed by atoms with van der Waals surface area (Å²) in [5, 5.41) is 2.89. The fraction of sp³-hybridized carbons (Fsp3) is 0.231. The summed E-state index contributed by atoms with van der Waals surface area (Å²) in [4.78, 5) is 26.9. The number of anilines is 2. The molecule has 31 heavy (non-hydrogen) atoms. The van der Waals surface area contributed by atoms with Crippen LogP contribution in [0.25, 0.3) is 0 Å². The lowest BCUT2D eigenvalue weighted by Crippen LogP contribution is -2.50. The Morgan fingerprint density at radius 3 is 2.35 bits per heavy atom. The van der Waals surface area contributed by atoms with E-state index in [1.54, 1.807) is 6.92 Å². The first-order chi connectivity index (χ1) is 15.0. The number of amides is 2. The van der Waals surface area contributed by atoms with Gasteiger partial charge in [-0.05, 0) is 61.2 Å². The molecule has 0 aliphatic carbocycles. The van der Waals surface area contributed by atoms with Crippen molar-refractivity contribution in [3.8, 4) is 5.75 Å². The maximum atomic E-state index is 12.7. The number of carbonyl (C=O) groups is 2. The Morgan fingerprint density at radius 1 is 1.00 bits per heavy atom. The maximum Gasteiger partial charge on any atom is 0.262 e. The monoisotopic (exact) mass is 414 g/mol. The molecular weight excluding hydrogens is 388 g/mol. The Balaban J connectivity index is 1.52. The minimum absolute atomic E-state index is 0.000324. The molecule has 0 radical (unpaired) electrons. The summed E-state index contributed by atoms with van der Waals surface area (Å²) in [6, 6.07) is 25.1. The number of fused-ring (bicyclic) bond motifs is 1. The van der Waals surface area contributed by atoms with E-state index >= 15 is 0 Å². The van der Waals surface area contributed by atoms with E-state index in [2.05, 4.69) is 24.4 Å². The lowest BCUT2D eigenvalue weighted by atomic mass is 9.80. The van der Waals surface area contributed by atoms with Gasteiger partial charge in [-0.25, -0.2) is 0 Å². The molecule has 2 amide bonds. The van der Waals surface area contributed by atoms with E-state index in [0.29, 0.717) is 11.4 Å². The van der Waals surface area contributed by atoms with Crippen molar-refractivity contribution in [3.05, 3.63) is 90.0 Å². The third-order valence-electron chi connectivity index (χ3n) is 5.80. The van der Waals surface area contributed by atoms with E-state index in [0.717, 1.165) is 29.7 Å². The van der Waals surface area contributed by atoms with E-state index in [1.807, 2.05) is 71.6 Å². The van der Waals surface area contributed by atoms with Crippen LogP contribution in [-0.4, -0.2) is 18.4 Å². The van der Waals surface area contributed by atoms with E-state index in [1.165, 1.54) is 0 Å². The fourth-order valence-electron chi connectivity index (χ4n) is 4.29. The maximum absolute atomic E-state index is 12.7. The number of nitrogens with zero attached hydrogens (tertiary/aromatic N) is 1. The standard InChI is InChI=1S/C26H26N2O3/c1-19(29)28-24-14-13-22(27-25(30)18-31-23-11-7-4-8-12-23)17-20(24)15-16-26(28,2)21-9-5-3-6-10-21/h3-14,17H,15-16,18H2,1-2H3,(H,27,30). The average Bonchev–Trinajstić information content (AvgIpc) is 2.79. The van der Waals surface area contributed by atoms with Gasteiger partial charge < -0.3 is 15.0 Å². The normalized spacial score (nSPS) is 17.5. The van der Waals surface area contributed by atoms with Crippen molar-refractivity contribution in [3.63, 3.8) is 0 Å². The molecule has 0 bridgehead atoms. The van der Waals surface area contributed by atoms with Crippen LogP contribution < -0.4 is 15.0 Å². The second kappa shape index (κ2) is 8.64. The van der Waals surface area contributed by atoms with Crippen molar-refractivity contribution < 1.29 is 14.3 Å². The van der Waals surface area contributed by atoms with Crippen LogP contribution in [0.1, 0.15) is 31.4 Å². The number of hydrogen-bond acceptors (Lipinski definition) is 3. The molecule has 1 aliphatic heterocycles. The lowest BCUT2D eigenvalue weighted by Gasteiger charge is -2.46. The molecule has 1 unspecified atom stereocenters. The molecule has 0 aromatic heterocycles. The molecule has 1 aliphatic rings. The number of rotatable bonds is 5. The smallest absolute Gasteiger partial charge is 0.262 e. The molecule has 1 N–H and O–H groups in total. The van der Waals surface area contributed by atoms with Crippen molar-refractivity contribution in [2.75, 3.05) is 16.8 Å². The van der Waals surface area contributed by atoms with Crippen LogP contribution in [0.5, 0.6) is 5.75 Å². The number of para-hydroxylation sites is 1. The van der Waals surface area contributed by atoms with Crippen LogP contribution in [0, 0.1) is 0 Å². The molecule has 4 rings (SSSR count). The third kappa shape index (κ3) is 4.31. The molecule has 5 heteroatoms. The Hall–Kier alpha value is -3.60. The summed E-state index contributed by atoms with van der Waals surface area (Å²) in [7, 11) is 0. The highest BCUT2D eigenvalue weighted by atomic mass is 16.5. The van der Waals surface area contributed by atoms with Crippen LogP contribution in [-0.2, 0) is 21.5 Å². The molecule has 3 aromatic rings. The molecule has 0 spiro atoms. The Morgan fingerprint density at radius 2 is 1.68 bits per heavy atom. The van der Waals surface area contributed by atoms with Gasteiger partial charge in [0.25, 0.3) is 5.91 Å². The minimum atomic E-state index is -0.408.